The summed E-state index contributed by atoms with van der Waals surface area (Å²) in [6.07, 6.45) is 4.69. The summed E-state index contributed by atoms with van der Waals surface area (Å²) in [5.41, 5.74) is 0.926. The van der Waals surface area contributed by atoms with Gasteiger partial charge >= 0.3 is 0 Å². The van der Waals surface area contributed by atoms with Gasteiger partial charge in [-0.2, -0.15) is 0 Å². The number of benzene rings is 1. The van der Waals surface area contributed by atoms with Crippen LogP contribution in [-0.4, -0.2) is 30.6 Å². The van der Waals surface area contributed by atoms with Gasteiger partial charge in [0.25, 0.3) is 0 Å². The van der Waals surface area contributed by atoms with Crippen molar-refractivity contribution in [3.63, 3.8) is 0 Å². The SMILES string of the molecule is O=C(C1CCOCC1)N1CCCCC1c1cccc(F)c1. The predicted octanol–water partition coefficient (Wildman–Crippen LogP) is 3.31. The van der Waals surface area contributed by atoms with E-state index < -0.39 is 0 Å². The number of piperidine rings is 1. The quantitative estimate of drug-likeness (QED) is 0.836. The van der Waals surface area contributed by atoms with Crippen molar-refractivity contribution >= 4 is 5.91 Å². The van der Waals surface area contributed by atoms with Crippen LogP contribution in [0.4, 0.5) is 4.39 Å². The summed E-state index contributed by atoms with van der Waals surface area (Å²) >= 11 is 0. The molecule has 2 saturated heterocycles. The number of carbonyl (C=O) groups is 1. The molecule has 114 valence electrons. The lowest BCUT2D eigenvalue weighted by molar-refractivity contribution is -0.142. The maximum Gasteiger partial charge on any atom is 0.226 e. The van der Waals surface area contributed by atoms with Gasteiger partial charge in [-0.1, -0.05) is 12.1 Å². The summed E-state index contributed by atoms with van der Waals surface area (Å²) in [5, 5.41) is 0. The van der Waals surface area contributed by atoms with E-state index in [1.165, 1.54) is 6.07 Å². The molecule has 2 fully saturated rings. The van der Waals surface area contributed by atoms with Crippen LogP contribution >= 0.6 is 0 Å². The molecule has 2 aliphatic rings. The van der Waals surface area contributed by atoms with Crippen molar-refractivity contribution in [1.82, 2.24) is 4.90 Å². The maximum atomic E-state index is 13.5. The van der Waals surface area contributed by atoms with E-state index in [1.807, 2.05) is 11.0 Å². The molecule has 2 aliphatic heterocycles. The Morgan fingerprint density at radius 3 is 2.76 bits per heavy atom. The Balaban J connectivity index is 1.79. The minimum Gasteiger partial charge on any atom is -0.381 e. The number of halogens is 1. The molecule has 0 aromatic heterocycles. The van der Waals surface area contributed by atoms with Gasteiger partial charge in [-0.3, -0.25) is 4.79 Å². The fraction of sp³-hybridized carbons (Fsp3) is 0.588. The second kappa shape index (κ2) is 6.56. The van der Waals surface area contributed by atoms with Crippen molar-refractivity contribution in [1.29, 1.82) is 0 Å². The minimum atomic E-state index is -0.225. The molecule has 1 atom stereocenters. The molecule has 0 aliphatic carbocycles. The first kappa shape index (κ1) is 14.5. The van der Waals surface area contributed by atoms with Crippen molar-refractivity contribution in [2.24, 2.45) is 5.92 Å². The summed E-state index contributed by atoms with van der Waals surface area (Å²) < 4.78 is 18.8. The highest BCUT2D eigenvalue weighted by molar-refractivity contribution is 5.79. The van der Waals surface area contributed by atoms with Gasteiger partial charge in [0, 0.05) is 25.7 Å². The zero-order chi connectivity index (χ0) is 14.7. The summed E-state index contributed by atoms with van der Waals surface area (Å²) in [5.74, 6) is 0.0803. The Hall–Kier alpha value is -1.42. The van der Waals surface area contributed by atoms with Crippen LogP contribution in [0.15, 0.2) is 24.3 Å². The molecule has 2 heterocycles. The van der Waals surface area contributed by atoms with Crippen molar-refractivity contribution < 1.29 is 13.9 Å². The Morgan fingerprint density at radius 1 is 1.19 bits per heavy atom. The van der Waals surface area contributed by atoms with Gasteiger partial charge in [-0.15, -0.1) is 0 Å². The summed E-state index contributed by atoms with van der Waals surface area (Å²) in [6.45, 7) is 2.14. The topological polar surface area (TPSA) is 29.5 Å². The molecule has 1 unspecified atom stereocenters. The van der Waals surface area contributed by atoms with Crippen molar-refractivity contribution in [3.8, 4) is 0 Å². The molecule has 0 saturated carbocycles. The summed E-state index contributed by atoms with van der Waals surface area (Å²) in [4.78, 5) is 14.8. The zero-order valence-corrected chi connectivity index (χ0v) is 12.3. The number of hydrogen-bond acceptors (Lipinski definition) is 2. The summed E-state index contributed by atoms with van der Waals surface area (Å²) in [6, 6.07) is 6.72. The van der Waals surface area contributed by atoms with E-state index in [-0.39, 0.29) is 23.7 Å². The third kappa shape index (κ3) is 3.26. The summed E-state index contributed by atoms with van der Waals surface area (Å²) in [7, 11) is 0. The number of nitrogens with zero attached hydrogens (tertiary/aromatic N) is 1. The molecule has 0 radical (unpaired) electrons. The smallest absolute Gasteiger partial charge is 0.226 e. The molecule has 1 aromatic carbocycles. The number of ether oxygens (including phenoxy) is 1. The van der Waals surface area contributed by atoms with Gasteiger partial charge in [0.15, 0.2) is 0 Å². The van der Waals surface area contributed by atoms with E-state index in [0.717, 1.165) is 44.2 Å². The van der Waals surface area contributed by atoms with E-state index in [2.05, 4.69) is 0 Å². The molecule has 1 amide bonds. The number of amides is 1. The first-order valence-corrected chi connectivity index (χ1v) is 7.89. The van der Waals surface area contributed by atoms with E-state index in [9.17, 15) is 9.18 Å². The number of carbonyl (C=O) groups excluding carboxylic acids is 1. The average molecular weight is 291 g/mol. The molecule has 1 aromatic rings. The van der Waals surface area contributed by atoms with Crippen LogP contribution in [0.5, 0.6) is 0 Å². The predicted molar refractivity (Wildman–Crippen MR) is 78.2 cm³/mol. The fourth-order valence-corrected chi connectivity index (χ4v) is 3.43. The molecular weight excluding hydrogens is 269 g/mol. The Bertz CT molecular complexity index is 499. The van der Waals surface area contributed by atoms with Crippen LogP contribution in [0.25, 0.3) is 0 Å². The van der Waals surface area contributed by atoms with Gasteiger partial charge in [0.2, 0.25) is 5.91 Å². The van der Waals surface area contributed by atoms with Crippen LogP contribution in [-0.2, 0) is 9.53 Å². The van der Waals surface area contributed by atoms with Gasteiger partial charge in [-0.05, 0) is 49.8 Å². The van der Waals surface area contributed by atoms with Crippen molar-refractivity contribution in [2.75, 3.05) is 19.8 Å². The molecule has 21 heavy (non-hydrogen) atoms. The highest BCUT2D eigenvalue weighted by atomic mass is 19.1. The van der Waals surface area contributed by atoms with E-state index in [1.54, 1.807) is 12.1 Å². The number of hydrogen-bond donors (Lipinski definition) is 0. The van der Waals surface area contributed by atoms with Crippen LogP contribution in [0.3, 0.4) is 0 Å². The molecule has 0 N–H and O–H groups in total. The Morgan fingerprint density at radius 2 is 2.00 bits per heavy atom. The lowest BCUT2D eigenvalue weighted by atomic mass is 9.91. The third-order valence-electron chi connectivity index (χ3n) is 4.59. The largest absolute Gasteiger partial charge is 0.381 e. The first-order valence-electron chi connectivity index (χ1n) is 7.89. The Labute approximate surface area is 125 Å². The molecule has 0 bridgehead atoms. The van der Waals surface area contributed by atoms with Crippen LogP contribution in [0, 0.1) is 11.7 Å². The Kier molecular flexibility index (Phi) is 4.54. The lowest BCUT2D eigenvalue weighted by Gasteiger charge is -2.39. The van der Waals surface area contributed by atoms with Gasteiger partial charge < -0.3 is 9.64 Å². The third-order valence-corrected chi connectivity index (χ3v) is 4.59. The van der Waals surface area contributed by atoms with Gasteiger partial charge in [-0.25, -0.2) is 4.39 Å². The standard InChI is InChI=1S/C17H22FNO2/c18-15-5-3-4-14(12-15)16-6-1-2-9-19(16)17(20)13-7-10-21-11-8-13/h3-5,12-13,16H,1-2,6-11H2. The first-order chi connectivity index (χ1) is 10.3. The van der Waals surface area contributed by atoms with E-state index in [0.29, 0.717) is 13.2 Å². The van der Waals surface area contributed by atoms with Crippen LogP contribution in [0.1, 0.15) is 43.7 Å². The molecule has 0 spiro atoms. The monoisotopic (exact) mass is 291 g/mol. The zero-order valence-electron chi connectivity index (χ0n) is 12.3. The second-order valence-corrected chi connectivity index (χ2v) is 5.98. The fourth-order valence-electron chi connectivity index (χ4n) is 3.43. The van der Waals surface area contributed by atoms with Crippen LogP contribution < -0.4 is 0 Å². The highest BCUT2D eigenvalue weighted by Gasteiger charge is 2.33. The molecular formula is C17H22FNO2. The second-order valence-electron chi connectivity index (χ2n) is 5.98. The van der Waals surface area contributed by atoms with E-state index in [4.69, 9.17) is 4.74 Å². The lowest BCUT2D eigenvalue weighted by Crippen LogP contribution is -2.43. The average Bonchev–Trinajstić information content (AvgIpc) is 2.55. The number of rotatable bonds is 2. The van der Waals surface area contributed by atoms with Crippen LogP contribution in [0.2, 0.25) is 0 Å². The number of likely N-dealkylation sites (tertiary alicyclic amines) is 1. The maximum absolute atomic E-state index is 13.5. The molecule has 3 nitrogen and oxygen atoms in total. The van der Waals surface area contributed by atoms with Crippen molar-refractivity contribution in [2.45, 2.75) is 38.1 Å². The normalized spacial score (nSPS) is 24.0. The highest BCUT2D eigenvalue weighted by Crippen LogP contribution is 2.33. The van der Waals surface area contributed by atoms with Gasteiger partial charge in [0.1, 0.15) is 5.82 Å². The van der Waals surface area contributed by atoms with Crippen molar-refractivity contribution in [3.05, 3.63) is 35.6 Å². The minimum absolute atomic E-state index is 0.0322. The van der Waals surface area contributed by atoms with E-state index >= 15 is 0 Å². The molecule has 4 heteroatoms. The molecule has 3 rings (SSSR count). The van der Waals surface area contributed by atoms with Gasteiger partial charge in [0.05, 0.1) is 6.04 Å².